The number of carboxylic acid groups (broad SMARTS) is 2. The van der Waals surface area contributed by atoms with E-state index in [0.29, 0.717) is 6.04 Å². The summed E-state index contributed by atoms with van der Waals surface area (Å²) in [6.45, 7) is 7.13. The molecule has 2 aliphatic rings. The number of nitrogens with zero attached hydrogens (tertiary/aromatic N) is 4. The van der Waals surface area contributed by atoms with E-state index in [1.807, 2.05) is 13.0 Å². The van der Waals surface area contributed by atoms with Crippen LogP contribution in [0.25, 0.3) is 0 Å². The zero-order valence-corrected chi connectivity index (χ0v) is 19.4. The Bertz CT molecular complexity index is 993. The molecule has 0 aromatic carbocycles. The second kappa shape index (κ2) is 12.7. The number of alkyl halides is 6. The summed E-state index contributed by atoms with van der Waals surface area (Å²) >= 11 is 0. The predicted molar refractivity (Wildman–Crippen MR) is 113 cm³/mol. The second-order valence-electron chi connectivity index (χ2n) is 8.05. The normalized spacial score (nSPS) is 20.1. The zero-order chi connectivity index (χ0) is 27.8. The predicted octanol–water partition coefficient (Wildman–Crippen LogP) is 2.98. The molecule has 2 fully saturated rings. The fourth-order valence-corrected chi connectivity index (χ4v) is 3.62. The summed E-state index contributed by atoms with van der Waals surface area (Å²) in [7, 11) is 0. The Kier molecular flexibility index (Phi) is 10.2. The van der Waals surface area contributed by atoms with Crippen molar-refractivity contribution >= 4 is 11.9 Å². The van der Waals surface area contributed by atoms with Crippen LogP contribution in [-0.4, -0.2) is 92.6 Å². The van der Waals surface area contributed by atoms with E-state index >= 15 is 0 Å². The van der Waals surface area contributed by atoms with Crippen LogP contribution >= 0.6 is 0 Å². The van der Waals surface area contributed by atoms with Gasteiger partial charge in [0.1, 0.15) is 24.0 Å². The van der Waals surface area contributed by atoms with E-state index < -0.39 is 24.3 Å². The molecule has 2 atom stereocenters. The molecule has 0 aliphatic carbocycles. The van der Waals surface area contributed by atoms with Crippen molar-refractivity contribution in [1.29, 1.82) is 0 Å². The van der Waals surface area contributed by atoms with E-state index in [4.69, 9.17) is 29.0 Å². The Morgan fingerprint density at radius 1 is 1.03 bits per heavy atom. The van der Waals surface area contributed by atoms with Gasteiger partial charge in [0.05, 0.1) is 18.9 Å². The lowest BCUT2D eigenvalue weighted by molar-refractivity contribution is -0.193. The number of piperazine rings is 1. The summed E-state index contributed by atoms with van der Waals surface area (Å²) in [5, 5.41) is 14.2. The molecule has 4 heterocycles. The molecule has 0 bridgehead atoms. The third-order valence-electron chi connectivity index (χ3n) is 5.16. The number of hydrogen-bond acceptors (Lipinski definition) is 8. The van der Waals surface area contributed by atoms with Gasteiger partial charge in [-0.15, -0.1) is 0 Å². The quantitative estimate of drug-likeness (QED) is 0.557. The van der Waals surface area contributed by atoms with Crippen LogP contribution in [-0.2, 0) is 16.1 Å². The minimum Gasteiger partial charge on any atom is -0.486 e. The third-order valence-corrected chi connectivity index (χ3v) is 5.16. The first-order valence-corrected chi connectivity index (χ1v) is 10.7. The van der Waals surface area contributed by atoms with Crippen LogP contribution in [0.4, 0.5) is 26.3 Å². The van der Waals surface area contributed by atoms with Crippen LogP contribution in [0.1, 0.15) is 17.9 Å². The number of aliphatic carboxylic acids is 2. The standard InChI is InChI=1S/C17H22N4O2.2C2HF3O2/c1-13-2-3-15(22-13)10-20-4-5-21-11-16(6-14(21)9-20)23-17-7-18-12-19-8-17;2*3-2(4,5)1(6)7/h2-3,7-8,12,14,16H,4-6,9-11H2,1H3;2*(H,6,7). The van der Waals surface area contributed by atoms with Crippen LogP contribution in [0, 0.1) is 6.92 Å². The first-order chi connectivity index (χ1) is 17.1. The number of fused-ring (bicyclic) bond motifs is 1. The van der Waals surface area contributed by atoms with E-state index in [1.54, 1.807) is 12.4 Å². The summed E-state index contributed by atoms with van der Waals surface area (Å²) in [6.07, 6.45) is -3.88. The maximum atomic E-state index is 10.6. The number of hydrogen-bond donors (Lipinski definition) is 2. The summed E-state index contributed by atoms with van der Waals surface area (Å²) in [4.78, 5) is 30.8. The molecule has 10 nitrogen and oxygen atoms in total. The molecule has 4 rings (SSSR count). The van der Waals surface area contributed by atoms with Crippen molar-refractivity contribution in [1.82, 2.24) is 19.8 Å². The lowest BCUT2D eigenvalue weighted by Gasteiger charge is -2.36. The van der Waals surface area contributed by atoms with Gasteiger partial charge < -0.3 is 19.4 Å². The van der Waals surface area contributed by atoms with Crippen molar-refractivity contribution in [2.24, 2.45) is 0 Å². The van der Waals surface area contributed by atoms with Gasteiger partial charge in [-0.1, -0.05) is 0 Å². The molecule has 2 unspecified atom stereocenters. The number of carbonyl (C=O) groups is 2. The Hall–Kier alpha value is -3.40. The molecular weight excluding hydrogens is 518 g/mol. The van der Waals surface area contributed by atoms with Crippen molar-refractivity contribution in [3.05, 3.63) is 42.4 Å². The number of aromatic nitrogens is 2. The highest BCUT2D eigenvalue weighted by Gasteiger charge is 2.39. The first kappa shape index (κ1) is 29.8. The molecular formula is C21H24F6N4O6. The Labute approximate surface area is 206 Å². The van der Waals surface area contributed by atoms with Gasteiger partial charge in [0.15, 0.2) is 5.75 Å². The molecule has 37 heavy (non-hydrogen) atoms. The molecule has 0 spiro atoms. The van der Waals surface area contributed by atoms with Gasteiger partial charge in [-0.2, -0.15) is 26.3 Å². The van der Waals surface area contributed by atoms with Crippen LogP contribution in [0.15, 0.2) is 35.3 Å². The van der Waals surface area contributed by atoms with Crippen LogP contribution in [0.3, 0.4) is 0 Å². The highest BCUT2D eigenvalue weighted by atomic mass is 19.4. The maximum absolute atomic E-state index is 10.6. The average molecular weight is 542 g/mol. The Morgan fingerprint density at radius 3 is 2.08 bits per heavy atom. The number of aryl methyl sites for hydroxylation is 1. The van der Waals surface area contributed by atoms with E-state index in [1.165, 1.54) is 6.33 Å². The summed E-state index contributed by atoms with van der Waals surface area (Å²) < 4.78 is 75.2. The van der Waals surface area contributed by atoms with Crippen molar-refractivity contribution in [3.63, 3.8) is 0 Å². The molecule has 16 heteroatoms. The first-order valence-electron chi connectivity index (χ1n) is 10.7. The van der Waals surface area contributed by atoms with Gasteiger partial charge in [0.25, 0.3) is 0 Å². The fraction of sp³-hybridized carbons (Fsp3) is 0.524. The molecule has 0 saturated carbocycles. The molecule has 206 valence electrons. The Balaban J connectivity index is 0.000000286. The summed E-state index contributed by atoms with van der Waals surface area (Å²) in [5.41, 5.74) is 0. The minimum absolute atomic E-state index is 0.233. The monoisotopic (exact) mass is 542 g/mol. The smallest absolute Gasteiger partial charge is 0.486 e. The van der Waals surface area contributed by atoms with Gasteiger partial charge in [-0.3, -0.25) is 9.80 Å². The molecule has 0 radical (unpaired) electrons. The molecule has 0 amide bonds. The van der Waals surface area contributed by atoms with Crippen LogP contribution in [0.5, 0.6) is 5.75 Å². The van der Waals surface area contributed by atoms with Gasteiger partial charge >= 0.3 is 24.3 Å². The largest absolute Gasteiger partial charge is 0.490 e. The molecule has 2 aromatic rings. The van der Waals surface area contributed by atoms with Gasteiger partial charge in [-0.05, 0) is 19.1 Å². The lowest BCUT2D eigenvalue weighted by atomic mass is 10.1. The minimum atomic E-state index is -5.08. The van der Waals surface area contributed by atoms with Crippen molar-refractivity contribution < 1.29 is 55.3 Å². The van der Waals surface area contributed by atoms with Gasteiger partial charge in [0, 0.05) is 38.6 Å². The highest BCUT2D eigenvalue weighted by molar-refractivity contribution is 5.73. The van der Waals surface area contributed by atoms with E-state index in [-0.39, 0.29) is 6.10 Å². The molecule has 2 aliphatic heterocycles. The average Bonchev–Trinajstić information content (AvgIpc) is 3.38. The molecule has 2 saturated heterocycles. The van der Waals surface area contributed by atoms with Gasteiger partial charge in [-0.25, -0.2) is 19.6 Å². The topological polar surface area (TPSA) is 129 Å². The molecule has 2 N–H and O–H groups in total. The fourth-order valence-electron chi connectivity index (χ4n) is 3.62. The Morgan fingerprint density at radius 2 is 1.59 bits per heavy atom. The number of rotatable bonds is 4. The van der Waals surface area contributed by atoms with E-state index in [0.717, 1.165) is 56.4 Å². The van der Waals surface area contributed by atoms with Crippen LogP contribution < -0.4 is 4.74 Å². The van der Waals surface area contributed by atoms with Crippen molar-refractivity contribution in [3.8, 4) is 5.75 Å². The zero-order valence-electron chi connectivity index (χ0n) is 19.4. The van der Waals surface area contributed by atoms with Crippen molar-refractivity contribution in [2.75, 3.05) is 26.2 Å². The third kappa shape index (κ3) is 10.2. The number of carboxylic acids is 2. The second-order valence-corrected chi connectivity index (χ2v) is 8.05. The van der Waals surface area contributed by atoms with E-state index in [9.17, 15) is 26.3 Å². The molecule has 2 aromatic heterocycles. The maximum Gasteiger partial charge on any atom is 0.490 e. The number of ether oxygens (including phenoxy) is 1. The highest BCUT2D eigenvalue weighted by Crippen LogP contribution is 2.26. The SMILES string of the molecule is Cc1ccc(CN2CCN3CC(Oc4cncnc4)CC3C2)o1.O=C(O)C(F)(F)F.O=C(O)C(F)(F)F. The van der Waals surface area contributed by atoms with Gasteiger partial charge in [0.2, 0.25) is 0 Å². The summed E-state index contributed by atoms with van der Waals surface area (Å²) in [5.74, 6) is -2.71. The van der Waals surface area contributed by atoms with Crippen LogP contribution in [0.2, 0.25) is 0 Å². The van der Waals surface area contributed by atoms with Crippen molar-refractivity contribution in [2.45, 2.75) is 44.4 Å². The summed E-state index contributed by atoms with van der Waals surface area (Å²) in [6, 6.07) is 4.68. The number of furan rings is 1. The number of halogens is 6. The van der Waals surface area contributed by atoms with E-state index in [2.05, 4.69) is 25.8 Å². The lowest BCUT2D eigenvalue weighted by Crippen LogP contribution is -2.49.